The van der Waals surface area contributed by atoms with Crippen molar-refractivity contribution in [3.05, 3.63) is 23.3 Å². The number of hydrogen-bond donors (Lipinski definition) is 3. The van der Waals surface area contributed by atoms with E-state index in [1.807, 2.05) is 6.92 Å². The second kappa shape index (κ2) is 8.65. The highest BCUT2D eigenvalue weighted by atomic mass is 16.4. The highest BCUT2D eigenvalue weighted by Gasteiger charge is 2.64. The van der Waals surface area contributed by atoms with Gasteiger partial charge in [0, 0.05) is 35.3 Å². The van der Waals surface area contributed by atoms with Gasteiger partial charge in [-0.25, -0.2) is 0 Å². The Labute approximate surface area is 208 Å². The van der Waals surface area contributed by atoms with E-state index in [1.54, 1.807) is 13.8 Å². The van der Waals surface area contributed by atoms with E-state index in [-0.39, 0.29) is 41.2 Å². The van der Waals surface area contributed by atoms with Gasteiger partial charge in [-0.15, -0.1) is 0 Å². The minimum atomic E-state index is -1.40. The fourth-order valence-electron chi connectivity index (χ4n) is 8.46. The van der Waals surface area contributed by atoms with Crippen molar-refractivity contribution in [1.29, 1.82) is 0 Å². The van der Waals surface area contributed by atoms with E-state index < -0.39 is 34.9 Å². The largest absolute Gasteiger partial charge is 0.481 e. The van der Waals surface area contributed by atoms with Crippen LogP contribution in [0, 0.1) is 40.4 Å². The van der Waals surface area contributed by atoms with E-state index in [2.05, 4.69) is 20.4 Å². The molecule has 2 saturated carbocycles. The molecule has 0 amide bonds. The third-order valence-corrected chi connectivity index (χ3v) is 10.8. The fraction of sp³-hybridized carbons (Fsp3) is 0.759. The van der Waals surface area contributed by atoms with Gasteiger partial charge in [-0.1, -0.05) is 32.9 Å². The number of aliphatic hydroxyl groups is 2. The van der Waals surface area contributed by atoms with Crippen molar-refractivity contribution in [2.75, 3.05) is 0 Å². The topological polar surface area (TPSA) is 112 Å². The first-order chi connectivity index (χ1) is 16.2. The molecule has 0 aromatic rings. The van der Waals surface area contributed by atoms with Gasteiger partial charge in [0.05, 0.1) is 17.6 Å². The molecule has 0 aromatic heterocycles. The summed E-state index contributed by atoms with van der Waals surface area (Å²) in [5.41, 5.74) is -0.214. The predicted octanol–water partition coefficient (Wildman–Crippen LogP) is 4.48. The molecule has 6 nitrogen and oxygen atoms in total. The fourth-order valence-corrected chi connectivity index (χ4v) is 8.46. The van der Waals surface area contributed by atoms with E-state index in [0.29, 0.717) is 36.8 Å². The Bertz CT molecular complexity index is 991. The normalized spacial score (nSPS) is 42.7. The molecule has 194 valence electrons. The van der Waals surface area contributed by atoms with Crippen LogP contribution in [0.5, 0.6) is 0 Å². The van der Waals surface area contributed by atoms with Crippen molar-refractivity contribution in [2.45, 2.75) is 97.7 Å². The number of hydrogen-bond acceptors (Lipinski definition) is 5. The average Bonchev–Trinajstić information content (AvgIpc) is 3.12. The summed E-state index contributed by atoms with van der Waals surface area (Å²) in [7, 11) is 0. The number of carboxylic acid groups (broad SMARTS) is 1. The molecular weight excluding hydrogens is 444 g/mol. The zero-order valence-electron chi connectivity index (χ0n) is 21.9. The number of allylic oxidation sites excluding steroid dienone is 2. The Morgan fingerprint density at radius 1 is 1.11 bits per heavy atom. The van der Waals surface area contributed by atoms with E-state index in [4.69, 9.17) is 0 Å². The SMILES string of the molecule is C=C(CC[C@@H](C)[C@H]1CC[C@H]2C3=C(C(=O)C[C@]12C)[C@@]1(C)CC[C@@H](O)[C@](C)(O)C1CC3=O)C(C)C(=O)O. The van der Waals surface area contributed by atoms with Crippen molar-refractivity contribution in [3.8, 4) is 0 Å². The molecule has 2 fully saturated rings. The van der Waals surface area contributed by atoms with Gasteiger partial charge in [0.2, 0.25) is 0 Å². The number of aliphatic carboxylic acids is 1. The molecule has 0 spiro atoms. The van der Waals surface area contributed by atoms with Crippen LogP contribution in [-0.2, 0) is 14.4 Å². The molecule has 2 unspecified atom stereocenters. The van der Waals surface area contributed by atoms with Gasteiger partial charge in [-0.05, 0) is 75.5 Å². The van der Waals surface area contributed by atoms with Gasteiger partial charge < -0.3 is 15.3 Å². The van der Waals surface area contributed by atoms with Crippen LogP contribution in [0.3, 0.4) is 0 Å². The summed E-state index contributed by atoms with van der Waals surface area (Å²) in [6.45, 7) is 13.6. The molecular formula is C29H42O6. The van der Waals surface area contributed by atoms with Gasteiger partial charge in [-0.3, -0.25) is 14.4 Å². The number of carbonyl (C=O) groups excluding carboxylic acids is 2. The summed E-state index contributed by atoms with van der Waals surface area (Å²) in [5.74, 6) is -1.30. The maximum absolute atomic E-state index is 13.8. The lowest BCUT2D eigenvalue weighted by Crippen LogP contribution is -2.61. The maximum atomic E-state index is 13.8. The summed E-state index contributed by atoms with van der Waals surface area (Å²) in [4.78, 5) is 38.8. The van der Waals surface area contributed by atoms with E-state index >= 15 is 0 Å². The van der Waals surface area contributed by atoms with Gasteiger partial charge >= 0.3 is 5.97 Å². The molecule has 4 aliphatic rings. The third kappa shape index (κ3) is 3.87. The van der Waals surface area contributed by atoms with Crippen LogP contribution >= 0.6 is 0 Å². The Morgan fingerprint density at radius 3 is 2.40 bits per heavy atom. The average molecular weight is 487 g/mol. The van der Waals surface area contributed by atoms with Crippen molar-refractivity contribution >= 4 is 17.5 Å². The minimum absolute atomic E-state index is 0.0295. The molecule has 4 aliphatic carbocycles. The van der Waals surface area contributed by atoms with Crippen LogP contribution in [0.15, 0.2) is 23.3 Å². The molecule has 35 heavy (non-hydrogen) atoms. The predicted molar refractivity (Wildman–Crippen MR) is 132 cm³/mol. The first kappa shape index (κ1) is 26.3. The number of ketones is 2. The first-order valence-corrected chi connectivity index (χ1v) is 13.3. The second-order valence-electron chi connectivity index (χ2n) is 12.7. The number of carbonyl (C=O) groups is 3. The summed E-state index contributed by atoms with van der Waals surface area (Å²) in [6.07, 6.45) is 3.97. The highest BCUT2D eigenvalue weighted by molar-refractivity contribution is 6.11. The van der Waals surface area contributed by atoms with E-state index in [0.717, 1.165) is 24.8 Å². The Hall–Kier alpha value is -1.79. The standard InChI is InChI=1S/C29H42O6/c1-15(17(3)26(33)34)7-8-16(2)18-9-10-19-24-20(30)13-22-27(4,12-11-23(32)29(22,6)35)25(24)21(31)14-28(18,19)5/h16-19,22-23,32,35H,1,7-14H2,2-6H3,(H,33,34)/t16-,17?,18-,19+,22?,23-,27+,28-,29-/m1/s1. The van der Waals surface area contributed by atoms with Crippen molar-refractivity contribution in [3.63, 3.8) is 0 Å². The number of rotatable bonds is 6. The molecule has 0 radical (unpaired) electrons. The van der Waals surface area contributed by atoms with E-state index in [9.17, 15) is 29.7 Å². The molecule has 6 heteroatoms. The second-order valence-corrected chi connectivity index (χ2v) is 12.7. The summed E-state index contributed by atoms with van der Waals surface area (Å²) in [6, 6.07) is 0. The quantitative estimate of drug-likeness (QED) is 0.477. The summed E-state index contributed by atoms with van der Waals surface area (Å²) >= 11 is 0. The lowest BCUT2D eigenvalue weighted by atomic mass is 9.47. The van der Waals surface area contributed by atoms with Crippen LogP contribution in [0.25, 0.3) is 0 Å². The molecule has 0 aromatic carbocycles. The van der Waals surface area contributed by atoms with E-state index in [1.165, 1.54) is 0 Å². The molecule has 0 saturated heterocycles. The first-order valence-electron chi connectivity index (χ1n) is 13.3. The van der Waals surface area contributed by atoms with Gasteiger partial charge in [0.15, 0.2) is 11.6 Å². The molecule has 0 bridgehead atoms. The Balaban J connectivity index is 1.63. The molecule has 0 aliphatic heterocycles. The zero-order valence-corrected chi connectivity index (χ0v) is 21.9. The number of Topliss-reactive ketones (excluding diaryl/α,β-unsaturated/α-hetero) is 2. The lowest BCUT2D eigenvalue weighted by molar-refractivity contribution is -0.170. The van der Waals surface area contributed by atoms with Crippen LogP contribution in [-0.4, -0.2) is 44.6 Å². The lowest BCUT2D eigenvalue weighted by Gasteiger charge is -2.57. The van der Waals surface area contributed by atoms with Crippen LogP contribution in [0.4, 0.5) is 0 Å². The van der Waals surface area contributed by atoms with Crippen LogP contribution in [0.2, 0.25) is 0 Å². The number of aliphatic hydroxyl groups excluding tert-OH is 1. The number of carboxylic acids is 1. The van der Waals surface area contributed by atoms with Crippen LogP contribution in [0.1, 0.15) is 86.0 Å². The number of fused-ring (bicyclic) bond motifs is 4. The Morgan fingerprint density at radius 2 is 1.77 bits per heavy atom. The van der Waals surface area contributed by atoms with Crippen LogP contribution < -0.4 is 0 Å². The molecule has 0 heterocycles. The maximum Gasteiger partial charge on any atom is 0.310 e. The van der Waals surface area contributed by atoms with Gasteiger partial charge in [0.25, 0.3) is 0 Å². The third-order valence-electron chi connectivity index (χ3n) is 10.8. The smallest absolute Gasteiger partial charge is 0.310 e. The zero-order chi connectivity index (χ0) is 26.1. The highest BCUT2D eigenvalue weighted by Crippen LogP contribution is 2.65. The molecule has 9 atom stereocenters. The molecule has 4 rings (SSSR count). The summed E-state index contributed by atoms with van der Waals surface area (Å²) < 4.78 is 0. The minimum Gasteiger partial charge on any atom is -0.481 e. The van der Waals surface area contributed by atoms with Crippen molar-refractivity contribution in [1.82, 2.24) is 0 Å². The molecule has 3 N–H and O–H groups in total. The van der Waals surface area contributed by atoms with Gasteiger partial charge in [-0.2, -0.15) is 0 Å². The van der Waals surface area contributed by atoms with Crippen molar-refractivity contribution < 1.29 is 29.7 Å². The van der Waals surface area contributed by atoms with Gasteiger partial charge in [0.1, 0.15) is 0 Å². The monoisotopic (exact) mass is 486 g/mol. The summed E-state index contributed by atoms with van der Waals surface area (Å²) in [5, 5.41) is 30.9. The van der Waals surface area contributed by atoms with Crippen molar-refractivity contribution in [2.24, 2.45) is 40.4 Å². The Kier molecular flexibility index (Phi) is 6.50.